The molecule has 3 aromatic rings. The zero-order valence-electron chi connectivity index (χ0n) is 15.0. The Kier molecular flexibility index (Phi) is 5.43. The first kappa shape index (κ1) is 18.9. The molecule has 27 heavy (non-hydrogen) atoms. The van der Waals surface area contributed by atoms with E-state index in [4.69, 9.17) is 4.42 Å². The van der Waals surface area contributed by atoms with Crippen molar-refractivity contribution in [3.63, 3.8) is 0 Å². The molecular formula is C20H20N2O4S. The minimum atomic E-state index is -1.55. The van der Waals surface area contributed by atoms with E-state index >= 15 is 0 Å². The largest absolute Gasteiger partial charge is 0.466 e. The normalized spacial score (nSPS) is 13.0. The van der Waals surface area contributed by atoms with Gasteiger partial charge in [-0.05, 0) is 60.7 Å². The molecule has 2 heterocycles. The Labute approximate surface area is 160 Å². The highest BCUT2D eigenvalue weighted by Crippen LogP contribution is 2.32. The Morgan fingerprint density at radius 3 is 2.56 bits per heavy atom. The van der Waals surface area contributed by atoms with Gasteiger partial charge in [-0.15, -0.1) is 11.3 Å². The molecule has 1 unspecified atom stereocenters. The lowest BCUT2D eigenvalue weighted by molar-refractivity contribution is -0.136. The van der Waals surface area contributed by atoms with Crippen molar-refractivity contribution in [1.29, 1.82) is 0 Å². The minimum absolute atomic E-state index is 0.194. The molecule has 0 bridgehead atoms. The van der Waals surface area contributed by atoms with Crippen LogP contribution in [0.25, 0.3) is 0 Å². The fourth-order valence-corrected chi connectivity index (χ4v) is 3.45. The van der Waals surface area contributed by atoms with Crippen molar-refractivity contribution in [3.05, 3.63) is 75.9 Å². The molecule has 0 saturated heterocycles. The second-order valence-electron chi connectivity index (χ2n) is 6.25. The number of benzene rings is 1. The van der Waals surface area contributed by atoms with Crippen LogP contribution in [-0.2, 0) is 15.2 Å². The minimum Gasteiger partial charge on any atom is -0.466 e. The van der Waals surface area contributed by atoms with E-state index in [1.807, 2.05) is 25.3 Å². The molecule has 0 saturated carbocycles. The maximum Gasteiger partial charge on any atom is 0.313 e. The lowest BCUT2D eigenvalue weighted by Crippen LogP contribution is -2.44. The lowest BCUT2D eigenvalue weighted by Gasteiger charge is -2.25. The Bertz CT molecular complexity index is 899. The van der Waals surface area contributed by atoms with Gasteiger partial charge >= 0.3 is 11.8 Å². The number of nitrogens with one attached hydrogen (secondary N) is 2. The van der Waals surface area contributed by atoms with E-state index in [-0.39, 0.29) is 6.54 Å². The Morgan fingerprint density at radius 2 is 1.93 bits per heavy atom. The van der Waals surface area contributed by atoms with Crippen molar-refractivity contribution in [1.82, 2.24) is 5.32 Å². The van der Waals surface area contributed by atoms with Gasteiger partial charge in [0, 0.05) is 10.6 Å². The maximum absolute atomic E-state index is 12.2. The first-order valence-electron chi connectivity index (χ1n) is 8.37. The second-order valence-corrected chi connectivity index (χ2v) is 7.20. The van der Waals surface area contributed by atoms with E-state index in [2.05, 4.69) is 10.6 Å². The highest BCUT2D eigenvalue weighted by Gasteiger charge is 2.36. The molecule has 0 aliphatic rings. The summed E-state index contributed by atoms with van der Waals surface area (Å²) in [5.41, 5.74) is 1.10. The number of hydrogen-bond donors (Lipinski definition) is 3. The molecule has 0 fully saturated rings. The molecule has 0 radical (unpaired) electrons. The van der Waals surface area contributed by atoms with E-state index in [0.29, 0.717) is 16.3 Å². The van der Waals surface area contributed by atoms with Gasteiger partial charge in [0.15, 0.2) is 5.60 Å². The molecule has 1 atom stereocenters. The lowest BCUT2D eigenvalue weighted by atomic mass is 9.98. The van der Waals surface area contributed by atoms with Gasteiger partial charge in [-0.3, -0.25) is 9.59 Å². The summed E-state index contributed by atoms with van der Waals surface area (Å²) in [6.45, 7) is 3.70. The van der Waals surface area contributed by atoms with Crippen LogP contribution in [-0.4, -0.2) is 23.5 Å². The van der Waals surface area contributed by atoms with Gasteiger partial charge in [0.25, 0.3) is 0 Å². The summed E-state index contributed by atoms with van der Waals surface area (Å²) in [5, 5.41) is 18.0. The molecule has 0 spiro atoms. The quantitative estimate of drug-likeness (QED) is 0.590. The van der Waals surface area contributed by atoms with Gasteiger partial charge in [0.2, 0.25) is 0 Å². The van der Waals surface area contributed by atoms with E-state index in [1.165, 1.54) is 17.6 Å². The molecule has 0 aliphatic carbocycles. The number of furan rings is 1. The van der Waals surface area contributed by atoms with Crippen molar-refractivity contribution >= 4 is 28.8 Å². The highest BCUT2D eigenvalue weighted by atomic mass is 32.1. The van der Waals surface area contributed by atoms with Gasteiger partial charge in [0.05, 0.1) is 12.8 Å². The van der Waals surface area contributed by atoms with Crippen LogP contribution in [0.15, 0.2) is 58.5 Å². The van der Waals surface area contributed by atoms with Crippen LogP contribution in [0, 0.1) is 13.8 Å². The third kappa shape index (κ3) is 4.10. The van der Waals surface area contributed by atoms with Crippen LogP contribution in [0.2, 0.25) is 0 Å². The number of carbonyl (C=O) groups excluding carboxylic acids is 2. The van der Waals surface area contributed by atoms with E-state index in [9.17, 15) is 14.7 Å². The van der Waals surface area contributed by atoms with Crippen molar-refractivity contribution < 1.29 is 19.1 Å². The number of amides is 2. The number of anilines is 1. The summed E-state index contributed by atoms with van der Waals surface area (Å²) in [7, 11) is 0. The number of hydrogen-bond acceptors (Lipinski definition) is 5. The Hall–Kier alpha value is -2.90. The molecule has 140 valence electrons. The number of aryl methyl sites for hydroxylation is 2. The first-order valence-corrected chi connectivity index (χ1v) is 9.25. The molecule has 0 aliphatic heterocycles. The van der Waals surface area contributed by atoms with Crippen LogP contribution in [0.3, 0.4) is 0 Å². The molecule has 2 amide bonds. The number of aliphatic hydroxyl groups is 1. The fourth-order valence-electron chi connectivity index (χ4n) is 2.62. The summed E-state index contributed by atoms with van der Waals surface area (Å²) in [6.07, 6.45) is 1.45. The van der Waals surface area contributed by atoms with E-state index < -0.39 is 17.4 Å². The average Bonchev–Trinajstić information content (AvgIpc) is 3.36. The molecule has 3 rings (SSSR count). The van der Waals surface area contributed by atoms with Crippen LogP contribution >= 0.6 is 11.3 Å². The summed E-state index contributed by atoms with van der Waals surface area (Å²) < 4.78 is 5.34. The third-order valence-electron chi connectivity index (χ3n) is 4.33. The molecular weight excluding hydrogens is 364 g/mol. The third-order valence-corrected chi connectivity index (χ3v) is 5.35. The predicted molar refractivity (Wildman–Crippen MR) is 104 cm³/mol. The zero-order valence-corrected chi connectivity index (χ0v) is 15.8. The number of rotatable bonds is 5. The van der Waals surface area contributed by atoms with Crippen molar-refractivity contribution in [3.8, 4) is 0 Å². The average molecular weight is 384 g/mol. The van der Waals surface area contributed by atoms with Crippen molar-refractivity contribution in [2.24, 2.45) is 0 Å². The standard InChI is InChI=1S/C20H20N2O4S/c1-13-7-8-15(11-14(13)2)22-19(24)18(23)21-12-20(25,16-5-3-9-26-16)17-6-4-10-27-17/h3-11,25H,12H2,1-2H3,(H,21,23)(H,22,24). The van der Waals surface area contributed by atoms with E-state index in [0.717, 1.165) is 11.1 Å². The van der Waals surface area contributed by atoms with Crippen molar-refractivity contribution in [2.45, 2.75) is 19.4 Å². The molecule has 1 aromatic carbocycles. The van der Waals surface area contributed by atoms with Crippen LogP contribution in [0.1, 0.15) is 21.8 Å². The fraction of sp³-hybridized carbons (Fsp3) is 0.200. The number of thiophene rings is 1. The number of carbonyl (C=O) groups is 2. The monoisotopic (exact) mass is 384 g/mol. The molecule has 6 nitrogen and oxygen atoms in total. The first-order chi connectivity index (χ1) is 12.9. The molecule has 2 aromatic heterocycles. The van der Waals surface area contributed by atoms with Crippen LogP contribution in [0.5, 0.6) is 0 Å². The Balaban J connectivity index is 1.69. The second kappa shape index (κ2) is 7.77. The van der Waals surface area contributed by atoms with Crippen molar-refractivity contribution in [2.75, 3.05) is 11.9 Å². The summed E-state index contributed by atoms with van der Waals surface area (Å²) in [5.74, 6) is -1.35. The molecule has 7 heteroatoms. The van der Waals surface area contributed by atoms with Gasteiger partial charge in [-0.25, -0.2) is 0 Å². The van der Waals surface area contributed by atoms with Gasteiger partial charge in [-0.2, -0.15) is 0 Å². The summed E-state index contributed by atoms with van der Waals surface area (Å²) >= 11 is 1.33. The van der Waals surface area contributed by atoms with Crippen LogP contribution < -0.4 is 10.6 Å². The topological polar surface area (TPSA) is 91.6 Å². The zero-order chi connectivity index (χ0) is 19.4. The maximum atomic E-state index is 12.2. The van der Waals surface area contributed by atoms with Gasteiger partial charge in [0.1, 0.15) is 5.76 Å². The smallest absolute Gasteiger partial charge is 0.313 e. The predicted octanol–water partition coefficient (Wildman–Crippen LogP) is 2.95. The molecule has 3 N–H and O–H groups in total. The van der Waals surface area contributed by atoms with Gasteiger partial charge in [-0.1, -0.05) is 12.1 Å². The SMILES string of the molecule is Cc1ccc(NC(=O)C(=O)NCC(O)(c2ccco2)c2cccs2)cc1C. The van der Waals surface area contributed by atoms with E-state index in [1.54, 1.807) is 36.4 Å². The van der Waals surface area contributed by atoms with Crippen LogP contribution in [0.4, 0.5) is 5.69 Å². The summed E-state index contributed by atoms with van der Waals surface area (Å²) in [4.78, 5) is 25.0. The summed E-state index contributed by atoms with van der Waals surface area (Å²) in [6, 6.07) is 12.2. The highest BCUT2D eigenvalue weighted by molar-refractivity contribution is 7.10. The van der Waals surface area contributed by atoms with Gasteiger partial charge < -0.3 is 20.2 Å². The Morgan fingerprint density at radius 1 is 1.11 bits per heavy atom.